The van der Waals surface area contributed by atoms with Gasteiger partial charge in [-0.15, -0.1) is 0 Å². The topological polar surface area (TPSA) is 73.8 Å². The quantitative estimate of drug-likeness (QED) is 0.568. The molecule has 1 aromatic carbocycles. The number of nitro groups is 1. The molecule has 6 nitrogen and oxygen atoms in total. The zero-order chi connectivity index (χ0) is 11.7. The molecule has 0 bridgehead atoms. The molecule has 0 atom stereocenters. The summed E-state index contributed by atoms with van der Waals surface area (Å²) in [6.07, 6.45) is 0. The van der Waals surface area contributed by atoms with Crippen molar-refractivity contribution in [2.75, 3.05) is 0 Å². The zero-order valence-electron chi connectivity index (χ0n) is 8.91. The smallest absolute Gasteiger partial charge is 0.258 e. The van der Waals surface area contributed by atoms with E-state index in [1.54, 1.807) is 32.2 Å². The summed E-state index contributed by atoms with van der Waals surface area (Å²) < 4.78 is 1.54. The van der Waals surface area contributed by atoms with Crippen LogP contribution in [0.25, 0.3) is 11.4 Å². The third-order valence-electron chi connectivity index (χ3n) is 2.21. The monoisotopic (exact) mass is 218 g/mol. The number of hydrogen-bond acceptors (Lipinski definition) is 4. The van der Waals surface area contributed by atoms with Gasteiger partial charge in [-0.3, -0.25) is 10.1 Å². The highest BCUT2D eigenvalue weighted by Gasteiger charge is 2.18. The maximum absolute atomic E-state index is 10.9. The van der Waals surface area contributed by atoms with E-state index in [4.69, 9.17) is 0 Å². The summed E-state index contributed by atoms with van der Waals surface area (Å²) in [4.78, 5) is 14.6. The molecule has 1 heterocycles. The number of hydrogen-bond donors (Lipinski definition) is 0. The van der Waals surface area contributed by atoms with Crippen molar-refractivity contribution in [2.45, 2.75) is 6.92 Å². The Morgan fingerprint density at radius 1 is 1.38 bits per heavy atom. The average molecular weight is 218 g/mol. The van der Waals surface area contributed by atoms with Gasteiger partial charge < -0.3 is 0 Å². The van der Waals surface area contributed by atoms with Gasteiger partial charge in [0.15, 0.2) is 5.82 Å². The lowest BCUT2D eigenvalue weighted by Gasteiger charge is -2.00. The standard InChI is InChI=1S/C10H10N4O2/c1-7-11-10(13(2)12-7)8-5-3-4-6-9(8)14(15)16/h3-6H,1-2H3. The van der Waals surface area contributed by atoms with Gasteiger partial charge in [-0.1, -0.05) is 12.1 Å². The second-order valence-electron chi connectivity index (χ2n) is 3.38. The van der Waals surface area contributed by atoms with Crippen molar-refractivity contribution in [1.82, 2.24) is 14.8 Å². The van der Waals surface area contributed by atoms with Gasteiger partial charge in [-0.25, -0.2) is 9.67 Å². The Labute approximate surface area is 91.7 Å². The molecule has 82 valence electrons. The Morgan fingerprint density at radius 2 is 2.06 bits per heavy atom. The minimum Gasteiger partial charge on any atom is -0.258 e. The van der Waals surface area contributed by atoms with Crippen LogP contribution in [-0.2, 0) is 7.05 Å². The van der Waals surface area contributed by atoms with E-state index < -0.39 is 4.92 Å². The largest absolute Gasteiger partial charge is 0.280 e. The molecule has 0 N–H and O–H groups in total. The van der Waals surface area contributed by atoms with E-state index >= 15 is 0 Å². The van der Waals surface area contributed by atoms with E-state index in [1.807, 2.05) is 0 Å². The van der Waals surface area contributed by atoms with Crippen molar-refractivity contribution in [3.8, 4) is 11.4 Å². The summed E-state index contributed by atoms with van der Waals surface area (Å²) in [6.45, 7) is 1.75. The number of nitro benzene ring substituents is 1. The fourth-order valence-electron chi connectivity index (χ4n) is 1.57. The maximum atomic E-state index is 10.9. The molecule has 2 rings (SSSR count). The number of rotatable bonds is 2. The minimum atomic E-state index is -0.417. The molecule has 0 saturated carbocycles. The predicted molar refractivity (Wildman–Crippen MR) is 57.8 cm³/mol. The molecule has 1 aromatic heterocycles. The number of aromatic nitrogens is 3. The zero-order valence-corrected chi connectivity index (χ0v) is 8.91. The van der Waals surface area contributed by atoms with Crippen LogP contribution < -0.4 is 0 Å². The highest BCUT2D eigenvalue weighted by atomic mass is 16.6. The van der Waals surface area contributed by atoms with Gasteiger partial charge in [0.2, 0.25) is 0 Å². The third kappa shape index (κ3) is 1.65. The molecule has 0 saturated heterocycles. The fraction of sp³-hybridized carbons (Fsp3) is 0.200. The predicted octanol–water partition coefficient (Wildman–Crippen LogP) is 1.70. The Hall–Kier alpha value is -2.24. The minimum absolute atomic E-state index is 0.0398. The summed E-state index contributed by atoms with van der Waals surface area (Å²) in [5.41, 5.74) is 0.522. The lowest BCUT2D eigenvalue weighted by Crippen LogP contribution is -1.98. The number of nitrogens with zero attached hydrogens (tertiary/aromatic N) is 4. The summed E-state index contributed by atoms with van der Waals surface area (Å²) in [6, 6.07) is 6.50. The molecule has 16 heavy (non-hydrogen) atoms. The van der Waals surface area contributed by atoms with Crippen LogP contribution in [0, 0.1) is 17.0 Å². The first-order valence-electron chi connectivity index (χ1n) is 4.71. The van der Waals surface area contributed by atoms with Crippen molar-refractivity contribution in [1.29, 1.82) is 0 Å². The van der Waals surface area contributed by atoms with Crippen LogP contribution in [0.3, 0.4) is 0 Å². The number of benzene rings is 1. The molecule has 6 heteroatoms. The molecule has 0 amide bonds. The summed E-state index contributed by atoms with van der Waals surface area (Å²) in [7, 11) is 1.71. The van der Waals surface area contributed by atoms with Crippen molar-refractivity contribution in [3.05, 3.63) is 40.2 Å². The second kappa shape index (κ2) is 3.73. The molecule has 2 aromatic rings. The fourth-order valence-corrected chi connectivity index (χ4v) is 1.57. The summed E-state index contributed by atoms with van der Waals surface area (Å²) in [5, 5.41) is 14.9. The molecule has 0 aliphatic carbocycles. The van der Waals surface area contributed by atoms with Crippen LogP contribution in [0.5, 0.6) is 0 Å². The first-order valence-corrected chi connectivity index (χ1v) is 4.71. The lowest BCUT2D eigenvalue weighted by molar-refractivity contribution is -0.384. The Kier molecular flexibility index (Phi) is 2.40. The van der Waals surface area contributed by atoms with Gasteiger partial charge in [0.1, 0.15) is 5.82 Å². The van der Waals surface area contributed by atoms with E-state index in [0.717, 1.165) is 0 Å². The molecule has 0 aliphatic heterocycles. The SMILES string of the molecule is Cc1nc(-c2ccccc2[N+](=O)[O-])n(C)n1. The van der Waals surface area contributed by atoms with E-state index in [1.165, 1.54) is 10.7 Å². The van der Waals surface area contributed by atoms with Gasteiger partial charge >= 0.3 is 0 Å². The first-order chi connectivity index (χ1) is 7.59. The van der Waals surface area contributed by atoms with E-state index in [0.29, 0.717) is 17.2 Å². The molecular weight excluding hydrogens is 208 g/mol. The highest BCUT2D eigenvalue weighted by Crippen LogP contribution is 2.27. The van der Waals surface area contributed by atoms with Crippen LogP contribution in [-0.4, -0.2) is 19.7 Å². The summed E-state index contributed by atoms with van der Waals surface area (Å²) >= 11 is 0. The lowest BCUT2D eigenvalue weighted by atomic mass is 10.1. The van der Waals surface area contributed by atoms with E-state index in [9.17, 15) is 10.1 Å². The molecular formula is C10H10N4O2. The van der Waals surface area contributed by atoms with Crippen LogP contribution in [0.1, 0.15) is 5.82 Å². The van der Waals surface area contributed by atoms with Crippen LogP contribution in [0.15, 0.2) is 24.3 Å². The molecule has 0 fully saturated rings. The van der Waals surface area contributed by atoms with Crippen LogP contribution in [0.4, 0.5) is 5.69 Å². The Bertz CT molecular complexity index is 548. The normalized spacial score (nSPS) is 10.4. The van der Waals surface area contributed by atoms with Gasteiger partial charge in [-0.05, 0) is 13.0 Å². The molecule has 0 spiro atoms. The van der Waals surface area contributed by atoms with Crippen molar-refractivity contribution in [3.63, 3.8) is 0 Å². The van der Waals surface area contributed by atoms with Crippen LogP contribution in [0.2, 0.25) is 0 Å². The van der Waals surface area contributed by atoms with Crippen LogP contribution >= 0.6 is 0 Å². The van der Waals surface area contributed by atoms with Gasteiger partial charge in [0, 0.05) is 13.1 Å². The van der Waals surface area contributed by atoms with E-state index in [2.05, 4.69) is 10.1 Å². The molecule has 0 radical (unpaired) electrons. The maximum Gasteiger partial charge on any atom is 0.280 e. The second-order valence-corrected chi connectivity index (χ2v) is 3.38. The number of aryl methyl sites for hydroxylation is 2. The number of para-hydroxylation sites is 1. The van der Waals surface area contributed by atoms with E-state index in [-0.39, 0.29) is 5.69 Å². The molecule has 0 unspecified atom stereocenters. The average Bonchev–Trinajstić information content (AvgIpc) is 2.57. The molecule has 0 aliphatic rings. The van der Waals surface area contributed by atoms with Crippen molar-refractivity contribution >= 4 is 5.69 Å². The summed E-state index contributed by atoms with van der Waals surface area (Å²) in [5.74, 6) is 1.10. The Balaban J connectivity index is 2.64. The Morgan fingerprint density at radius 3 is 2.62 bits per heavy atom. The van der Waals surface area contributed by atoms with Gasteiger partial charge in [0.05, 0.1) is 10.5 Å². The third-order valence-corrected chi connectivity index (χ3v) is 2.21. The highest BCUT2D eigenvalue weighted by molar-refractivity contribution is 5.67. The van der Waals surface area contributed by atoms with Crippen molar-refractivity contribution in [2.24, 2.45) is 7.05 Å². The van der Waals surface area contributed by atoms with Gasteiger partial charge in [-0.2, -0.15) is 5.10 Å². The van der Waals surface area contributed by atoms with Gasteiger partial charge in [0.25, 0.3) is 5.69 Å². The first kappa shape index (κ1) is 10.3. The van der Waals surface area contributed by atoms with Crippen molar-refractivity contribution < 1.29 is 4.92 Å².